The van der Waals surface area contributed by atoms with Crippen molar-refractivity contribution in [1.29, 1.82) is 0 Å². The van der Waals surface area contributed by atoms with Crippen LogP contribution in [0.4, 0.5) is 0 Å². The summed E-state index contributed by atoms with van der Waals surface area (Å²) >= 11 is 3.32. The Bertz CT molecular complexity index is 410. The van der Waals surface area contributed by atoms with Crippen LogP contribution in [0.25, 0.3) is 6.08 Å². The molecule has 0 aromatic heterocycles. The first-order valence-electron chi connectivity index (χ1n) is 4.84. The Balaban J connectivity index is 2.35. The summed E-state index contributed by atoms with van der Waals surface area (Å²) in [6.45, 7) is 0.502. The second-order valence-electron chi connectivity index (χ2n) is 3.33. The van der Waals surface area contributed by atoms with E-state index in [-0.39, 0.29) is 5.78 Å². The van der Waals surface area contributed by atoms with Gasteiger partial charge in [-0.3, -0.25) is 4.79 Å². The highest BCUT2D eigenvalue weighted by Crippen LogP contribution is 2.25. The molecule has 0 spiro atoms. The highest BCUT2D eigenvalue weighted by atomic mass is 79.9. The Kier molecular flexibility index (Phi) is 3.21. The monoisotopic (exact) mass is 266 g/mol. The SMILES string of the molecule is O=C1CCOc2ccc(C=CCBr)cc21. The highest BCUT2D eigenvalue weighted by Gasteiger charge is 2.17. The molecule has 0 unspecified atom stereocenters. The van der Waals surface area contributed by atoms with Gasteiger partial charge in [0.15, 0.2) is 5.78 Å². The first-order valence-corrected chi connectivity index (χ1v) is 5.96. The van der Waals surface area contributed by atoms with Crippen LogP contribution in [-0.2, 0) is 0 Å². The van der Waals surface area contributed by atoms with Crippen LogP contribution in [0.5, 0.6) is 5.75 Å². The Morgan fingerprint density at radius 3 is 3.13 bits per heavy atom. The topological polar surface area (TPSA) is 26.3 Å². The van der Waals surface area contributed by atoms with Gasteiger partial charge in [-0.05, 0) is 17.7 Å². The number of ether oxygens (including phenoxy) is 1. The Labute approximate surface area is 97.1 Å². The molecule has 0 bridgehead atoms. The zero-order chi connectivity index (χ0) is 10.7. The fraction of sp³-hybridized carbons (Fsp3) is 0.250. The molecule has 0 saturated carbocycles. The van der Waals surface area contributed by atoms with Crippen LogP contribution in [-0.4, -0.2) is 17.7 Å². The van der Waals surface area contributed by atoms with Crippen molar-refractivity contribution in [3.63, 3.8) is 0 Å². The van der Waals surface area contributed by atoms with E-state index in [0.29, 0.717) is 24.3 Å². The van der Waals surface area contributed by atoms with Gasteiger partial charge in [0.1, 0.15) is 5.75 Å². The third-order valence-electron chi connectivity index (χ3n) is 2.29. The molecule has 0 amide bonds. The van der Waals surface area contributed by atoms with Gasteiger partial charge in [0.05, 0.1) is 12.2 Å². The number of fused-ring (bicyclic) bond motifs is 1. The molecule has 1 aromatic rings. The highest BCUT2D eigenvalue weighted by molar-refractivity contribution is 9.09. The van der Waals surface area contributed by atoms with Gasteiger partial charge in [-0.2, -0.15) is 0 Å². The van der Waals surface area contributed by atoms with Crippen molar-refractivity contribution in [2.45, 2.75) is 6.42 Å². The van der Waals surface area contributed by atoms with Crippen molar-refractivity contribution < 1.29 is 9.53 Å². The summed E-state index contributed by atoms with van der Waals surface area (Å²) in [5.41, 5.74) is 1.74. The number of carbonyl (C=O) groups is 1. The zero-order valence-electron chi connectivity index (χ0n) is 8.20. The smallest absolute Gasteiger partial charge is 0.170 e. The van der Waals surface area contributed by atoms with Crippen molar-refractivity contribution in [2.24, 2.45) is 0 Å². The maximum atomic E-state index is 11.6. The van der Waals surface area contributed by atoms with Gasteiger partial charge in [0.25, 0.3) is 0 Å². The number of benzene rings is 1. The number of carbonyl (C=O) groups excluding carboxylic acids is 1. The predicted molar refractivity (Wildman–Crippen MR) is 63.7 cm³/mol. The van der Waals surface area contributed by atoms with Gasteiger partial charge in [-0.1, -0.05) is 34.1 Å². The van der Waals surface area contributed by atoms with Crippen molar-refractivity contribution >= 4 is 27.8 Å². The van der Waals surface area contributed by atoms with E-state index in [1.54, 1.807) is 0 Å². The van der Waals surface area contributed by atoms with E-state index < -0.39 is 0 Å². The fourth-order valence-electron chi connectivity index (χ4n) is 1.56. The third-order valence-corrected chi connectivity index (χ3v) is 2.66. The lowest BCUT2D eigenvalue weighted by molar-refractivity contribution is 0.0933. The second-order valence-corrected chi connectivity index (χ2v) is 3.98. The zero-order valence-corrected chi connectivity index (χ0v) is 9.79. The van der Waals surface area contributed by atoms with E-state index in [1.165, 1.54) is 0 Å². The number of hydrogen-bond donors (Lipinski definition) is 0. The first-order chi connectivity index (χ1) is 7.31. The van der Waals surface area contributed by atoms with Gasteiger partial charge in [-0.25, -0.2) is 0 Å². The molecule has 0 fully saturated rings. The number of ketones is 1. The molecule has 0 saturated heterocycles. The van der Waals surface area contributed by atoms with E-state index in [1.807, 2.05) is 30.4 Å². The maximum Gasteiger partial charge on any atom is 0.170 e. The number of allylic oxidation sites excluding steroid dienone is 1. The van der Waals surface area contributed by atoms with Gasteiger partial charge in [0, 0.05) is 11.8 Å². The molecule has 0 atom stereocenters. The van der Waals surface area contributed by atoms with Crippen molar-refractivity contribution in [2.75, 3.05) is 11.9 Å². The van der Waals surface area contributed by atoms with Crippen LogP contribution >= 0.6 is 15.9 Å². The average molecular weight is 267 g/mol. The van der Waals surface area contributed by atoms with Crippen LogP contribution < -0.4 is 4.74 Å². The molecule has 1 aliphatic heterocycles. The third kappa shape index (κ3) is 2.29. The number of alkyl halides is 1. The molecule has 78 valence electrons. The molecule has 1 heterocycles. The molecule has 0 N–H and O–H groups in total. The summed E-state index contributed by atoms with van der Waals surface area (Å²) in [7, 11) is 0. The summed E-state index contributed by atoms with van der Waals surface area (Å²) in [4.78, 5) is 11.6. The Morgan fingerprint density at radius 1 is 1.47 bits per heavy atom. The Morgan fingerprint density at radius 2 is 2.33 bits per heavy atom. The van der Waals surface area contributed by atoms with E-state index in [9.17, 15) is 4.79 Å². The van der Waals surface area contributed by atoms with Crippen LogP contribution in [0.2, 0.25) is 0 Å². The Hall–Kier alpha value is -1.09. The second kappa shape index (κ2) is 4.62. The number of halogens is 1. The van der Waals surface area contributed by atoms with Crippen molar-refractivity contribution in [1.82, 2.24) is 0 Å². The van der Waals surface area contributed by atoms with Gasteiger partial charge in [0.2, 0.25) is 0 Å². The average Bonchev–Trinajstić information content (AvgIpc) is 2.27. The molecule has 3 heteroatoms. The quantitative estimate of drug-likeness (QED) is 0.770. The molecule has 15 heavy (non-hydrogen) atoms. The minimum Gasteiger partial charge on any atom is -0.492 e. The van der Waals surface area contributed by atoms with E-state index in [4.69, 9.17) is 4.74 Å². The van der Waals surface area contributed by atoms with Gasteiger partial charge >= 0.3 is 0 Å². The predicted octanol–water partition coefficient (Wildman–Crippen LogP) is 3.06. The van der Waals surface area contributed by atoms with Crippen LogP contribution in [0.1, 0.15) is 22.3 Å². The minimum absolute atomic E-state index is 0.172. The molecule has 0 radical (unpaired) electrons. The van der Waals surface area contributed by atoms with E-state index in [0.717, 1.165) is 10.9 Å². The normalized spacial score (nSPS) is 15.1. The maximum absolute atomic E-state index is 11.6. The summed E-state index contributed by atoms with van der Waals surface area (Å²) < 4.78 is 5.40. The van der Waals surface area contributed by atoms with Crippen molar-refractivity contribution in [3.05, 3.63) is 35.4 Å². The summed E-state index contributed by atoms with van der Waals surface area (Å²) in [5, 5.41) is 0.814. The van der Waals surface area contributed by atoms with E-state index >= 15 is 0 Å². The fourth-order valence-corrected chi connectivity index (χ4v) is 1.75. The van der Waals surface area contributed by atoms with E-state index in [2.05, 4.69) is 15.9 Å². The summed E-state index contributed by atoms with van der Waals surface area (Å²) in [6.07, 6.45) is 4.46. The first kappa shape index (κ1) is 10.4. The molecular weight excluding hydrogens is 256 g/mol. The lowest BCUT2D eigenvalue weighted by Crippen LogP contribution is -2.15. The number of hydrogen-bond acceptors (Lipinski definition) is 2. The molecule has 2 nitrogen and oxygen atoms in total. The molecule has 0 aliphatic carbocycles. The summed E-state index contributed by atoms with van der Waals surface area (Å²) in [5.74, 6) is 0.882. The summed E-state index contributed by atoms with van der Waals surface area (Å²) in [6, 6.07) is 5.70. The minimum atomic E-state index is 0.172. The standard InChI is InChI=1S/C12H11BrO2/c13-6-1-2-9-3-4-12-10(8-9)11(14)5-7-15-12/h1-4,8H,5-7H2. The molecule has 2 rings (SSSR count). The molecule has 1 aromatic carbocycles. The van der Waals surface area contributed by atoms with Crippen LogP contribution in [0.3, 0.4) is 0 Å². The molecular formula is C12H11BrO2. The number of Topliss-reactive ketones (excluding diaryl/α,β-unsaturated/α-hetero) is 1. The lowest BCUT2D eigenvalue weighted by Gasteiger charge is -2.16. The number of rotatable bonds is 2. The van der Waals surface area contributed by atoms with Crippen LogP contribution in [0, 0.1) is 0 Å². The van der Waals surface area contributed by atoms with Gasteiger partial charge < -0.3 is 4.74 Å². The van der Waals surface area contributed by atoms with Crippen LogP contribution in [0.15, 0.2) is 24.3 Å². The lowest BCUT2D eigenvalue weighted by atomic mass is 10.0. The largest absolute Gasteiger partial charge is 0.492 e. The molecule has 1 aliphatic rings. The van der Waals surface area contributed by atoms with Crippen molar-refractivity contribution in [3.8, 4) is 5.75 Å². The van der Waals surface area contributed by atoms with Gasteiger partial charge in [-0.15, -0.1) is 0 Å².